The number of benzene rings is 1. The third-order valence-electron chi connectivity index (χ3n) is 4.56. The number of quaternary nitrogens is 1. The molecule has 0 spiro atoms. The van der Waals surface area contributed by atoms with Crippen molar-refractivity contribution in [1.82, 2.24) is 5.32 Å². The Balaban J connectivity index is 1.43. The summed E-state index contributed by atoms with van der Waals surface area (Å²) in [7, 11) is 0. The zero-order valence-corrected chi connectivity index (χ0v) is 15.3. The van der Waals surface area contributed by atoms with Gasteiger partial charge in [-0.15, -0.1) is 11.3 Å². The average molecular weight is 358 g/mol. The zero-order valence-electron chi connectivity index (χ0n) is 14.5. The second-order valence-corrected chi connectivity index (χ2v) is 7.41. The monoisotopic (exact) mass is 358 g/mol. The number of thiophene rings is 1. The third kappa shape index (κ3) is 4.90. The normalized spacial score (nSPS) is 15.2. The standard InChI is InChI=1S/C19H23N3O2S/c1-15(23)16-4-6-17(7-5-16)22-10-8-21(9-11-22)14-19(24)20-13-18-3-2-12-25-18/h2-7,12H,8-11,13-14H2,1H3,(H,20,24)/p+1. The number of rotatable bonds is 6. The van der Waals surface area contributed by atoms with Gasteiger partial charge in [0.05, 0.1) is 32.7 Å². The lowest BCUT2D eigenvalue weighted by Crippen LogP contribution is -3.15. The van der Waals surface area contributed by atoms with Gasteiger partial charge in [-0.05, 0) is 42.6 Å². The smallest absolute Gasteiger partial charge is 0.275 e. The molecule has 1 saturated heterocycles. The summed E-state index contributed by atoms with van der Waals surface area (Å²) in [6.07, 6.45) is 0. The number of carbonyl (C=O) groups is 2. The molecule has 0 unspecified atom stereocenters. The maximum absolute atomic E-state index is 12.1. The summed E-state index contributed by atoms with van der Waals surface area (Å²) in [6, 6.07) is 11.8. The molecule has 2 heterocycles. The highest BCUT2D eigenvalue weighted by Gasteiger charge is 2.22. The van der Waals surface area contributed by atoms with Crippen LogP contribution in [0.25, 0.3) is 0 Å². The number of carbonyl (C=O) groups excluding carboxylic acids is 2. The first-order chi connectivity index (χ1) is 12.1. The lowest BCUT2D eigenvalue weighted by molar-refractivity contribution is -0.892. The summed E-state index contributed by atoms with van der Waals surface area (Å²) in [4.78, 5) is 28.3. The van der Waals surface area contributed by atoms with E-state index in [0.29, 0.717) is 13.1 Å². The predicted molar refractivity (Wildman–Crippen MR) is 100 cm³/mol. The van der Waals surface area contributed by atoms with E-state index in [4.69, 9.17) is 0 Å². The molecule has 2 N–H and O–H groups in total. The quantitative estimate of drug-likeness (QED) is 0.757. The lowest BCUT2D eigenvalue weighted by atomic mass is 10.1. The van der Waals surface area contributed by atoms with Crippen LogP contribution < -0.4 is 15.1 Å². The van der Waals surface area contributed by atoms with Gasteiger partial charge in [-0.3, -0.25) is 9.59 Å². The van der Waals surface area contributed by atoms with Crippen LogP contribution in [-0.4, -0.2) is 44.4 Å². The molecule has 1 aromatic carbocycles. The first-order valence-corrected chi connectivity index (χ1v) is 9.48. The summed E-state index contributed by atoms with van der Waals surface area (Å²) >= 11 is 1.66. The van der Waals surface area contributed by atoms with E-state index < -0.39 is 0 Å². The number of Topliss-reactive ketones (excluding diaryl/α,β-unsaturated/α-hetero) is 1. The third-order valence-corrected chi connectivity index (χ3v) is 5.44. The number of amides is 1. The molecule has 6 heteroatoms. The Morgan fingerprint density at radius 1 is 1.16 bits per heavy atom. The molecule has 1 aliphatic rings. The minimum absolute atomic E-state index is 0.0920. The van der Waals surface area contributed by atoms with E-state index in [2.05, 4.69) is 10.2 Å². The molecule has 1 aliphatic heterocycles. The molecule has 0 bridgehead atoms. The van der Waals surface area contributed by atoms with E-state index >= 15 is 0 Å². The van der Waals surface area contributed by atoms with Crippen molar-refractivity contribution in [2.75, 3.05) is 37.6 Å². The van der Waals surface area contributed by atoms with Gasteiger partial charge in [-0.25, -0.2) is 0 Å². The van der Waals surface area contributed by atoms with Gasteiger partial charge in [-0.1, -0.05) is 6.07 Å². The van der Waals surface area contributed by atoms with Gasteiger partial charge < -0.3 is 15.1 Å². The number of hydrogen-bond donors (Lipinski definition) is 2. The fraction of sp³-hybridized carbons (Fsp3) is 0.368. The van der Waals surface area contributed by atoms with E-state index in [1.54, 1.807) is 18.3 Å². The fourth-order valence-electron chi connectivity index (χ4n) is 3.05. The van der Waals surface area contributed by atoms with Gasteiger partial charge in [0.2, 0.25) is 0 Å². The average Bonchev–Trinajstić information content (AvgIpc) is 3.14. The van der Waals surface area contributed by atoms with Gasteiger partial charge in [0.15, 0.2) is 12.3 Å². The maximum atomic E-state index is 12.1. The van der Waals surface area contributed by atoms with Crippen molar-refractivity contribution in [3.05, 3.63) is 52.2 Å². The zero-order chi connectivity index (χ0) is 17.6. The van der Waals surface area contributed by atoms with E-state index in [0.717, 1.165) is 37.4 Å². The highest BCUT2D eigenvalue weighted by atomic mass is 32.1. The van der Waals surface area contributed by atoms with Crippen molar-refractivity contribution in [2.45, 2.75) is 13.5 Å². The Morgan fingerprint density at radius 3 is 2.48 bits per heavy atom. The van der Waals surface area contributed by atoms with E-state index in [-0.39, 0.29) is 11.7 Å². The molecule has 1 fully saturated rings. The molecule has 5 nitrogen and oxygen atoms in total. The van der Waals surface area contributed by atoms with Crippen molar-refractivity contribution in [3.63, 3.8) is 0 Å². The summed E-state index contributed by atoms with van der Waals surface area (Å²) in [6.45, 7) is 6.48. The molecule has 0 atom stereocenters. The van der Waals surface area contributed by atoms with Gasteiger partial charge in [0.1, 0.15) is 0 Å². The molecule has 1 amide bonds. The first-order valence-electron chi connectivity index (χ1n) is 8.60. The van der Waals surface area contributed by atoms with Crippen LogP contribution in [0.5, 0.6) is 0 Å². The van der Waals surface area contributed by atoms with Gasteiger partial charge >= 0.3 is 0 Å². The molecule has 25 heavy (non-hydrogen) atoms. The molecule has 0 radical (unpaired) electrons. The topological polar surface area (TPSA) is 53.9 Å². The predicted octanol–water partition coefficient (Wildman–Crippen LogP) is 0.972. The highest BCUT2D eigenvalue weighted by Crippen LogP contribution is 2.15. The van der Waals surface area contributed by atoms with Gasteiger partial charge in [-0.2, -0.15) is 0 Å². The van der Waals surface area contributed by atoms with Gasteiger partial charge in [0, 0.05) is 16.1 Å². The van der Waals surface area contributed by atoms with Crippen molar-refractivity contribution in [1.29, 1.82) is 0 Å². The van der Waals surface area contributed by atoms with E-state index in [1.807, 2.05) is 41.8 Å². The minimum atomic E-state index is 0.0920. The maximum Gasteiger partial charge on any atom is 0.275 e. The van der Waals surface area contributed by atoms with Crippen LogP contribution in [0.15, 0.2) is 41.8 Å². The molecule has 0 aliphatic carbocycles. The Labute approximate surface area is 152 Å². The summed E-state index contributed by atoms with van der Waals surface area (Å²) in [5, 5.41) is 5.02. The Hall–Kier alpha value is -2.18. The molecule has 0 saturated carbocycles. The molecular weight excluding hydrogens is 334 g/mol. The van der Waals surface area contributed by atoms with Crippen molar-refractivity contribution >= 4 is 28.7 Å². The summed E-state index contributed by atoms with van der Waals surface area (Å²) in [5.74, 6) is 0.206. The largest absolute Gasteiger partial charge is 0.360 e. The number of hydrogen-bond acceptors (Lipinski definition) is 4. The van der Waals surface area contributed by atoms with E-state index in [1.165, 1.54) is 9.78 Å². The first kappa shape index (κ1) is 17.6. The minimum Gasteiger partial charge on any atom is -0.360 e. The fourth-order valence-corrected chi connectivity index (χ4v) is 3.70. The molecule has 3 rings (SSSR count). The Bertz CT molecular complexity index is 705. The lowest BCUT2D eigenvalue weighted by Gasteiger charge is -2.33. The van der Waals surface area contributed by atoms with Crippen LogP contribution >= 0.6 is 11.3 Å². The second kappa shape index (κ2) is 8.27. The van der Waals surface area contributed by atoms with Crippen LogP contribution in [0.4, 0.5) is 5.69 Å². The number of nitrogens with one attached hydrogen (secondary N) is 2. The van der Waals surface area contributed by atoms with Crippen LogP contribution in [0.1, 0.15) is 22.2 Å². The van der Waals surface area contributed by atoms with Crippen molar-refractivity contribution < 1.29 is 14.5 Å². The second-order valence-electron chi connectivity index (χ2n) is 6.37. The summed E-state index contributed by atoms with van der Waals surface area (Å²) in [5.41, 5.74) is 1.89. The van der Waals surface area contributed by atoms with Crippen LogP contribution in [-0.2, 0) is 11.3 Å². The number of piperazine rings is 1. The SMILES string of the molecule is CC(=O)c1ccc(N2CC[NH+](CC(=O)NCc3cccs3)CC2)cc1. The Morgan fingerprint density at radius 2 is 1.88 bits per heavy atom. The van der Waals surface area contributed by atoms with Crippen LogP contribution in [0, 0.1) is 0 Å². The summed E-state index contributed by atoms with van der Waals surface area (Å²) < 4.78 is 0. The van der Waals surface area contributed by atoms with Crippen LogP contribution in [0.3, 0.4) is 0 Å². The molecular formula is C19H24N3O2S+. The number of anilines is 1. The number of ketones is 1. The van der Waals surface area contributed by atoms with Gasteiger partial charge in [0.25, 0.3) is 5.91 Å². The highest BCUT2D eigenvalue weighted by molar-refractivity contribution is 7.09. The van der Waals surface area contributed by atoms with E-state index in [9.17, 15) is 9.59 Å². The Kier molecular flexibility index (Phi) is 5.83. The molecule has 2 aromatic rings. The van der Waals surface area contributed by atoms with Crippen molar-refractivity contribution in [3.8, 4) is 0 Å². The molecule has 1 aromatic heterocycles. The van der Waals surface area contributed by atoms with Crippen LogP contribution in [0.2, 0.25) is 0 Å². The molecule has 132 valence electrons. The number of nitrogens with zero attached hydrogens (tertiary/aromatic N) is 1. The van der Waals surface area contributed by atoms with Crippen molar-refractivity contribution in [2.24, 2.45) is 0 Å².